The minimum atomic E-state index is -3.31. The number of halogens is 2. The third kappa shape index (κ3) is 7.57. The van der Waals surface area contributed by atoms with Crippen molar-refractivity contribution in [2.24, 2.45) is 5.92 Å². The molecule has 1 aromatic rings. The highest BCUT2D eigenvalue weighted by molar-refractivity contribution is 7.80. The van der Waals surface area contributed by atoms with E-state index >= 15 is 0 Å². The molecular formula is C33H47F2N5O4S. The number of alkyl halides is 2. The number of piperidine rings is 1. The van der Waals surface area contributed by atoms with E-state index in [1.54, 1.807) is 19.9 Å². The molecule has 2 amide bonds. The van der Waals surface area contributed by atoms with Gasteiger partial charge in [-0.1, -0.05) is 0 Å². The lowest BCUT2D eigenvalue weighted by atomic mass is 9.85. The van der Waals surface area contributed by atoms with Crippen LogP contribution < -0.4 is 4.90 Å². The molecule has 1 unspecified atom stereocenters. The Kier molecular flexibility index (Phi) is 10.2. The van der Waals surface area contributed by atoms with Crippen molar-refractivity contribution in [2.45, 2.75) is 142 Å². The van der Waals surface area contributed by atoms with E-state index in [-0.39, 0.29) is 52.7 Å². The van der Waals surface area contributed by atoms with Gasteiger partial charge in [-0.2, -0.15) is 5.26 Å². The van der Waals surface area contributed by atoms with Gasteiger partial charge in [-0.15, -0.1) is 0 Å². The number of amides is 2. The molecule has 3 aliphatic rings. The van der Waals surface area contributed by atoms with E-state index in [2.05, 4.69) is 18.8 Å². The van der Waals surface area contributed by atoms with Crippen LogP contribution in [0.2, 0.25) is 0 Å². The summed E-state index contributed by atoms with van der Waals surface area (Å²) in [4.78, 5) is 35.3. The third-order valence-corrected chi connectivity index (χ3v) is 9.61. The maximum absolute atomic E-state index is 14.3. The number of rotatable bonds is 7. The molecule has 2 aliphatic heterocycles. The second-order valence-electron chi connectivity index (χ2n) is 14.5. The molecule has 1 aromatic heterocycles. The van der Waals surface area contributed by atoms with Gasteiger partial charge in [0.05, 0.1) is 23.6 Å². The van der Waals surface area contributed by atoms with Crippen LogP contribution in [-0.4, -0.2) is 73.9 Å². The van der Waals surface area contributed by atoms with Gasteiger partial charge >= 0.3 is 6.09 Å². The zero-order valence-corrected chi connectivity index (χ0v) is 28.5. The Morgan fingerprint density at radius 3 is 2.27 bits per heavy atom. The van der Waals surface area contributed by atoms with E-state index in [1.807, 2.05) is 30.6 Å². The molecule has 45 heavy (non-hydrogen) atoms. The fourth-order valence-electron chi connectivity index (χ4n) is 7.15. The van der Waals surface area contributed by atoms with Crippen LogP contribution in [0.25, 0.3) is 0 Å². The number of carbonyl (C=O) groups excluding carboxylic acids is 2. The van der Waals surface area contributed by atoms with Crippen molar-refractivity contribution in [1.29, 1.82) is 5.26 Å². The normalized spacial score (nSPS) is 27.5. The number of anilines is 1. The maximum atomic E-state index is 14.3. The molecule has 4 rings (SSSR count). The summed E-state index contributed by atoms with van der Waals surface area (Å²) in [6.07, 6.45) is 7.08. The second-order valence-corrected chi connectivity index (χ2v) is 14.8. The summed E-state index contributed by atoms with van der Waals surface area (Å²) in [7, 11) is 0. The van der Waals surface area contributed by atoms with Crippen molar-refractivity contribution in [2.75, 3.05) is 11.5 Å². The van der Waals surface area contributed by atoms with Crippen LogP contribution in [0.1, 0.15) is 112 Å². The molecule has 2 saturated heterocycles. The first-order chi connectivity index (χ1) is 20.8. The Morgan fingerprint density at radius 2 is 1.73 bits per heavy atom. The van der Waals surface area contributed by atoms with Crippen molar-refractivity contribution < 1.29 is 27.8 Å². The van der Waals surface area contributed by atoms with E-state index in [1.165, 1.54) is 11.1 Å². The number of likely N-dealkylation sites (tertiary alicyclic amines) is 1. The van der Waals surface area contributed by atoms with E-state index in [0.29, 0.717) is 19.4 Å². The van der Waals surface area contributed by atoms with Gasteiger partial charge in [-0.3, -0.25) is 9.69 Å². The van der Waals surface area contributed by atoms with Gasteiger partial charge < -0.3 is 19.3 Å². The predicted octanol–water partition coefficient (Wildman–Crippen LogP) is 6.92. The Bertz CT molecular complexity index is 1320. The van der Waals surface area contributed by atoms with Crippen LogP contribution in [0.3, 0.4) is 0 Å². The molecule has 3 atom stereocenters. The lowest BCUT2D eigenvalue weighted by Crippen LogP contribution is -2.51. The third-order valence-electron chi connectivity index (χ3n) is 9.23. The van der Waals surface area contributed by atoms with Gasteiger partial charge in [0.2, 0.25) is 0 Å². The fraction of sp³-hybridized carbons (Fsp3) is 0.727. The van der Waals surface area contributed by atoms with E-state index in [9.17, 15) is 23.6 Å². The minimum absolute atomic E-state index is 0.00129. The quantitative estimate of drug-likeness (QED) is 0.294. The summed E-state index contributed by atoms with van der Waals surface area (Å²) in [5.41, 5.74) is -2.28. The van der Waals surface area contributed by atoms with Crippen LogP contribution in [0, 0.1) is 17.2 Å². The molecule has 0 spiro atoms. The van der Waals surface area contributed by atoms with E-state index in [0.717, 1.165) is 51.0 Å². The summed E-state index contributed by atoms with van der Waals surface area (Å²) >= 11 is 5.78. The molecule has 0 aromatic carbocycles. The minimum Gasteiger partial charge on any atom is -0.444 e. The Morgan fingerprint density at radius 1 is 1.13 bits per heavy atom. The summed E-state index contributed by atoms with van der Waals surface area (Å²) in [5, 5.41) is 9.53. The first kappa shape index (κ1) is 35.0. The topological polar surface area (TPSA) is 99.0 Å². The highest BCUT2D eigenvalue weighted by Gasteiger charge is 2.52. The smallest absolute Gasteiger partial charge is 0.410 e. The lowest BCUT2D eigenvalue weighted by Gasteiger charge is -2.43. The van der Waals surface area contributed by atoms with Crippen LogP contribution in [0.5, 0.6) is 0 Å². The van der Waals surface area contributed by atoms with Crippen LogP contribution >= 0.6 is 12.2 Å². The number of nitriles is 1. The van der Waals surface area contributed by atoms with Crippen molar-refractivity contribution >= 4 is 35.0 Å². The van der Waals surface area contributed by atoms with Gasteiger partial charge in [0.25, 0.3) is 11.8 Å². The Balaban J connectivity index is 1.31. The van der Waals surface area contributed by atoms with Crippen LogP contribution in [-0.2, 0) is 20.2 Å². The van der Waals surface area contributed by atoms with Gasteiger partial charge in [-0.25, -0.2) is 18.6 Å². The summed E-state index contributed by atoms with van der Waals surface area (Å²) in [6.45, 7) is 14.8. The summed E-state index contributed by atoms with van der Waals surface area (Å²) in [6, 6.07) is 3.05. The Hall–Kier alpha value is -2.91. The zero-order chi connectivity index (χ0) is 33.5. The van der Waals surface area contributed by atoms with E-state index < -0.39 is 22.6 Å². The highest BCUT2D eigenvalue weighted by Crippen LogP contribution is 2.40. The molecule has 9 nitrogen and oxygen atoms in total. The number of hydrogen-bond acceptors (Lipinski definition) is 7. The van der Waals surface area contributed by atoms with E-state index in [4.69, 9.17) is 21.7 Å². The average molecular weight is 648 g/mol. The van der Waals surface area contributed by atoms with Crippen LogP contribution in [0.4, 0.5) is 19.3 Å². The lowest BCUT2D eigenvalue weighted by molar-refractivity contribution is -0.124. The largest absolute Gasteiger partial charge is 0.444 e. The molecule has 0 bridgehead atoms. The van der Waals surface area contributed by atoms with Crippen molar-refractivity contribution in [3.05, 3.63) is 23.5 Å². The summed E-state index contributed by atoms with van der Waals surface area (Å²) in [5.74, 6) is -3.15. The number of carbonyl (C=O) groups is 2. The number of pyridine rings is 1. The molecule has 3 heterocycles. The van der Waals surface area contributed by atoms with Gasteiger partial charge in [0.15, 0.2) is 5.11 Å². The first-order valence-electron chi connectivity index (χ1n) is 15.9. The number of nitrogens with zero attached hydrogens (tertiary/aromatic N) is 5. The molecule has 0 N–H and O–H groups in total. The average Bonchev–Trinajstić information content (AvgIpc) is 3.09. The van der Waals surface area contributed by atoms with Crippen molar-refractivity contribution in [3.63, 3.8) is 0 Å². The molecule has 1 aliphatic carbocycles. The van der Waals surface area contributed by atoms with Gasteiger partial charge in [0, 0.05) is 31.7 Å². The fourth-order valence-corrected chi connectivity index (χ4v) is 7.72. The van der Waals surface area contributed by atoms with Crippen LogP contribution in [0.15, 0.2) is 12.3 Å². The molecule has 12 heteroatoms. The first-order valence-corrected chi connectivity index (χ1v) is 16.3. The zero-order valence-electron chi connectivity index (χ0n) is 27.7. The number of hydrogen-bond donors (Lipinski definition) is 0. The standard InChI is InChI=1S/C33H47F2N5O4S/c1-20-15-22(16-21(2)38(20)30(42)44-31(3,4)5)13-14-43-25-11-9-23(10-12-25)40-29(45)39(28(41)32(40,6)7)24-17-26(33(8,34)35)27(18-36)37-19-24/h17,19-23,25H,9-16H2,1-8H3/t20-,21+,22?,23?,25?. The highest BCUT2D eigenvalue weighted by atomic mass is 32.1. The van der Waals surface area contributed by atoms with Gasteiger partial charge in [0.1, 0.15) is 22.9 Å². The molecule has 3 fully saturated rings. The van der Waals surface area contributed by atoms with Crippen molar-refractivity contribution in [1.82, 2.24) is 14.8 Å². The SMILES string of the molecule is C[C@@H]1CC(CCOC2CCC(N3C(=S)N(c4cnc(C#N)c(C(C)(F)F)c4)C(=O)C3(C)C)CC2)C[C@H](C)N1C(=O)OC(C)(C)C. The monoisotopic (exact) mass is 647 g/mol. The molecule has 0 radical (unpaired) electrons. The van der Waals surface area contributed by atoms with Crippen molar-refractivity contribution in [3.8, 4) is 6.07 Å². The predicted molar refractivity (Wildman–Crippen MR) is 171 cm³/mol. The Labute approximate surface area is 271 Å². The summed E-state index contributed by atoms with van der Waals surface area (Å²) < 4.78 is 40.5. The van der Waals surface area contributed by atoms with Gasteiger partial charge in [-0.05, 0) is 118 Å². The molecule has 1 saturated carbocycles. The molecular weight excluding hydrogens is 600 g/mol. The second kappa shape index (κ2) is 13.1. The number of thiocarbonyl (C=S) groups is 1. The molecule has 248 valence electrons. The number of ether oxygens (including phenoxy) is 2. The maximum Gasteiger partial charge on any atom is 0.410 e. The number of aromatic nitrogens is 1.